The van der Waals surface area contributed by atoms with Gasteiger partial charge >= 0.3 is 0 Å². The van der Waals surface area contributed by atoms with Gasteiger partial charge in [0.15, 0.2) is 5.78 Å². The summed E-state index contributed by atoms with van der Waals surface area (Å²) in [5, 5.41) is 3.21. The van der Waals surface area contributed by atoms with Crippen LogP contribution < -0.4 is 10.0 Å². The van der Waals surface area contributed by atoms with Crippen LogP contribution in [0.2, 0.25) is 5.02 Å². The van der Waals surface area contributed by atoms with Crippen LogP contribution in [0, 0.1) is 0 Å². The first-order valence-corrected chi connectivity index (χ1v) is 9.70. The number of rotatable bonds is 7. The van der Waals surface area contributed by atoms with Gasteiger partial charge in [0.2, 0.25) is 15.9 Å². The van der Waals surface area contributed by atoms with E-state index in [2.05, 4.69) is 10.0 Å². The fourth-order valence-corrected chi connectivity index (χ4v) is 3.63. The van der Waals surface area contributed by atoms with Crippen molar-refractivity contribution in [1.82, 2.24) is 10.0 Å². The fourth-order valence-electron chi connectivity index (χ4n) is 2.21. The van der Waals surface area contributed by atoms with Gasteiger partial charge in [-0.25, -0.2) is 8.42 Å². The molecule has 0 aliphatic heterocycles. The lowest BCUT2D eigenvalue weighted by atomic mass is 10.2. The van der Waals surface area contributed by atoms with Gasteiger partial charge in [0.05, 0.1) is 10.9 Å². The van der Waals surface area contributed by atoms with E-state index >= 15 is 0 Å². The van der Waals surface area contributed by atoms with E-state index in [4.69, 9.17) is 11.6 Å². The third kappa shape index (κ3) is 5.39. The van der Waals surface area contributed by atoms with Crippen molar-refractivity contribution in [2.24, 2.45) is 0 Å². The van der Waals surface area contributed by atoms with Crippen molar-refractivity contribution in [3.63, 3.8) is 0 Å². The third-order valence-electron chi connectivity index (χ3n) is 3.65. The minimum Gasteiger partial charge on any atom is -0.351 e. The molecule has 0 aliphatic carbocycles. The van der Waals surface area contributed by atoms with Crippen LogP contribution >= 0.6 is 11.6 Å². The van der Waals surface area contributed by atoms with Crippen molar-refractivity contribution in [3.05, 3.63) is 64.7 Å². The molecule has 138 valence electrons. The molecular formula is C18H19ClN2O4S. The van der Waals surface area contributed by atoms with Gasteiger partial charge in [-0.3, -0.25) is 9.59 Å². The number of Topliss-reactive ketones (excluding diaryl/α,β-unsaturated/α-hetero) is 1. The molecule has 2 rings (SSSR count). The van der Waals surface area contributed by atoms with Gasteiger partial charge in [-0.2, -0.15) is 4.72 Å². The van der Waals surface area contributed by atoms with E-state index in [0.717, 1.165) is 5.56 Å². The number of carbonyl (C=O) groups excluding carboxylic acids is 2. The molecule has 1 amide bonds. The SMILES string of the molecule is CC(=O)c1ccc(S(=O)(=O)N[C@@H](C)C(=O)NCc2cccc(Cl)c2)cc1. The highest BCUT2D eigenvalue weighted by Gasteiger charge is 2.22. The Labute approximate surface area is 157 Å². The van der Waals surface area contributed by atoms with Crippen molar-refractivity contribution in [3.8, 4) is 0 Å². The fraction of sp³-hybridized carbons (Fsp3) is 0.222. The Morgan fingerprint density at radius 3 is 2.35 bits per heavy atom. The predicted octanol–water partition coefficient (Wildman–Crippen LogP) is 2.53. The maximum Gasteiger partial charge on any atom is 0.241 e. The molecule has 0 spiro atoms. The Balaban J connectivity index is 1.99. The average Bonchev–Trinajstić information content (AvgIpc) is 2.59. The quantitative estimate of drug-likeness (QED) is 0.706. The summed E-state index contributed by atoms with van der Waals surface area (Å²) >= 11 is 5.88. The van der Waals surface area contributed by atoms with E-state index in [1.807, 2.05) is 0 Å². The Hall–Kier alpha value is -2.22. The van der Waals surface area contributed by atoms with Gasteiger partial charge in [-0.15, -0.1) is 0 Å². The van der Waals surface area contributed by atoms with Crippen LogP contribution in [0.4, 0.5) is 0 Å². The molecule has 26 heavy (non-hydrogen) atoms. The average molecular weight is 395 g/mol. The van der Waals surface area contributed by atoms with Crippen molar-refractivity contribution in [2.75, 3.05) is 0 Å². The largest absolute Gasteiger partial charge is 0.351 e. The van der Waals surface area contributed by atoms with Crippen LogP contribution in [-0.4, -0.2) is 26.2 Å². The van der Waals surface area contributed by atoms with Crippen LogP contribution in [0.1, 0.15) is 29.8 Å². The maximum atomic E-state index is 12.4. The second kappa shape index (κ2) is 8.44. The molecular weight excluding hydrogens is 376 g/mol. The smallest absolute Gasteiger partial charge is 0.241 e. The lowest BCUT2D eigenvalue weighted by Crippen LogP contribution is -2.44. The Morgan fingerprint density at radius 2 is 1.77 bits per heavy atom. The highest BCUT2D eigenvalue weighted by molar-refractivity contribution is 7.89. The first-order valence-electron chi connectivity index (χ1n) is 7.84. The van der Waals surface area contributed by atoms with Crippen LogP contribution in [0.5, 0.6) is 0 Å². The number of carbonyl (C=O) groups is 2. The van der Waals surface area contributed by atoms with Crippen LogP contribution in [-0.2, 0) is 21.4 Å². The summed E-state index contributed by atoms with van der Waals surface area (Å²) in [6, 6.07) is 11.6. The molecule has 2 N–H and O–H groups in total. The van der Waals surface area contributed by atoms with Gasteiger partial charge in [0, 0.05) is 17.1 Å². The van der Waals surface area contributed by atoms with E-state index in [9.17, 15) is 18.0 Å². The molecule has 0 fully saturated rings. The molecule has 2 aromatic rings. The number of amides is 1. The summed E-state index contributed by atoms with van der Waals surface area (Å²) in [7, 11) is -3.88. The van der Waals surface area contributed by atoms with Crippen LogP contribution in [0.15, 0.2) is 53.4 Å². The monoisotopic (exact) mass is 394 g/mol. The molecule has 0 aromatic heterocycles. The standard InChI is InChI=1S/C18H19ClN2O4S/c1-12(18(23)20-11-14-4-3-5-16(19)10-14)21-26(24,25)17-8-6-15(7-9-17)13(2)22/h3-10,12,21H,11H2,1-2H3,(H,20,23)/t12-/m0/s1. The molecule has 2 aromatic carbocycles. The zero-order valence-corrected chi connectivity index (χ0v) is 15.9. The number of hydrogen-bond acceptors (Lipinski definition) is 4. The number of sulfonamides is 1. The molecule has 0 bridgehead atoms. The normalized spacial score (nSPS) is 12.4. The molecule has 8 heteroatoms. The summed E-state index contributed by atoms with van der Waals surface area (Å²) < 4.78 is 27.0. The summed E-state index contributed by atoms with van der Waals surface area (Å²) in [6.45, 7) is 3.08. The minimum atomic E-state index is -3.88. The number of nitrogens with one attached hydrogen (secondary N) is 2. The van der Waals surface area contributed by atoms with Crippen LogP contribution in [0.25, 0.3) is 0 Å². The molecule has 6 nitrogen and oxygen atoms in total. The molecule has 0 unspecified atom stereocenters. The van der Waals surface area contributed by atoms with E-state index in [0.29, 0.717) is 10.6 Å². The topological polar surface area (TPSA) is 92.3 Å². The Kier molecular flexibility index (Phi) is 6.52. The zero-order chi connectivity index (χ0) is 19.3. The van der Waals surface area contributed by atoms with Crippen LogP contribution in [0.3, 0.4) is 0 Å². The molecule has 1 atom stereocenters. The first-order chi connectivity index (χ1) is 12.2. The van der Waals surface area contributed by atoms with Crippen molar-refractivity contribution in [2.45, 2.75) is 31.3 Å². The summed E-state index contributed by atoms with van der Waals surface area (Å²) in [5.41, 5.74) is 1.22. The Morgan fingerprint density at radius 1 is 1.12 bits per heavy atom. The van der Waals surface area contributed by atoms with Gasteiger partial charge in [0.1, 0.15) is 0 Å². The molecule has 0 aliphatic rings. The molecule has 0 saturated carbocycles. The van der Waals surface area contributed by atoms with Crippen molar-refractivity contribution in [1.29, 1.82) is 0 Å². The molecule has 0 heterocycles. The summed E-state index contributed by atoms with van der Waals surface area (Å²) in [5.74, 6) is -0.621. The summed E-state index contributed by atoms with van der Waals surface area (Å²) in [4.78, 5) is 23.4. The predicted molar refractivity (Wildman–Crippen MR) is 99.5 cm³/mol. The van der Waals surface area contributed by atoms with Gasteiger partial charge in [-0.1, -0.05) is 35.9 Å². The second-order valence-electron chi connectivity index (χ2n) is 5.77. The number of ketones is 1. The zero-order valence-electron chi connectivity index (χ0n) is 14.3. The van der Waals surface area contributed by atoms with E-state index in [1.165, 1.54) is 38.1 Å². The highest BCUT2D eigenvalue weighted by Crippen LogP contribution is 2.12. The number of hydrogen-bond donors (Lipinski definition) is 2. The van der Waals surface area contributed by atoms with E-state index in [-0.39, 0.29) is 17.2 Å². The van der Waals surface area contributed by atoms with Gasteiger partial charge < -0.3 is 5.32 Å². The lowest BCUT2D eigenvalue weighted by Gasteiger charge is -2.15. The third-order valence-corrected chi connectivity index (χ3v) is 5.44. The summed E-state index contributed by atoms with van der Waals surface area (Å²) in [6.07, 6.45) is 0. The molecule has 0 saturated heterocycles. The van der Waals surface area contributed by atoms with Crippen molar-refractivity contribution < 1.29 is 18.0 Å². The van der Waals surface area contributed by atoms with Gasteiger partial charge in [0.25, 0.3) is 0 Å². The lowest BCUT2D eigenvalue weighted by molar-refractivity contribution is -0.122. The van der Waals surface area contributed by atoms with Crippen molar-refractivity contribution >= 4 is 33.3 Å². The Bertz CT molecular complexity index is 911. The maximum absolute atomic E-state index is 12.4. The second-order valence-corrected chi connectivity index (χ2v) is 7.92. The van der Waals surface area contributed by atoms with Gasteiger partial charge in [-0.05, 0) is 43.7 Å². The number of halogens is 1. The minimum absolute atomic E-state index is 0.0167. The first kappa shape index (κ1) is 20.1. The number of benzene rings is 2. The highest BCUT2D eigenvalue weighted by atomic mass is 35.5. The van der Waals surface area contributed by atoms with E-state index < -0.39 is 22.0 Å². The molecule has 0 radical (unpaired) electrons. The van der Waals surface area contributed by atoms with E-state index in [1.54, 1.807) is 24.3 Å².